The van der Waals surface area contributed by atoms with Gasteiger partial charge in [0.2, 0.25) is 0 Å². The summed E-state index contributed by atoms with van der Waals surface area (Å²) in [5.74, 6) is -0.175. The number of aryl methyl sites for hydroxylation is 1. The molecule has 0 radical (unpaired) electrons. The lowest BCUT2D eigenvalue weighted by molar-refractivity contribution is 0.0947. The summed E-state index contributed by atoms with van der Waals surface area (Å²) in [4.78, 5) is 11.9. The summed E-state index contributed by atoms with van der Waals surface area (Å²) in [6, 6.07) is 3.80. The van der Waals surface area contributed by atoms with E-state index in [0.717, 1.165) is 6.07 Å². The van der Waals surface area contributed by atoms with Crippen LogP contribution in [0, 0.1) is 0 Å². The van der Waals surface area contributed by atoms with E-state index < -0.39 is 5.91 Å². The van der Waals surface area contributed by atoms with E-state index in [1.807, 2.05) is 6.92 Å². The largest absolute Gasteiger partial charge is 0.508 e. The van der Waals surface area contributed by atoms with Crippen LogP contribution >= 0.6 is 0 Å². The number of amides is 1. The molecule has 2 aromatic rings. The van der Waals surface area contributed by atoms with Crippen LogP contribution in [0.1, 0.15) is 23.1 Å². The van der Waals surface area contributed by atoms with E-state index in [0.29, 0.717) is 12.4 Å². The Morgan fingerprint density at radius 3 is 2.89 bits per heavy atom. The van der Waals surface area contributed by atoms with Crippen LogP contribution in [0.2, 0.25) is 0 Å². The molecule has 0 saturated heterocycles. The average Bonchev–Trinajstić information content (AvgIpc) is 2.83. The summed E-state index contributed by atoms with van der Waals surface area (Å²) < 4.78 is 1.80. The molecule has 7 nitrogen and oxygen atoms in total. The Kier molecular flexibility index (Phi) is 3.65. The number of nitrogens with zero attached hydrogens (tertiary/aromatic N) is 3. The van der Waals surface area contributed by atoms with Crippen LogP contribution in [-0.4, -0.2) is 30.9 Å². The lowest BCUT2D eigenvalue weighted by atomic mass is 10.2. The second-order valence-electron chi connectivity index (χ2n) is 3.92. The third-order valence-electron chi connectivity index (χ3n) is 2.67. The van der Waals surface area contributed by atoms with Crippen LogP contribution < -0.4 is 5.32 Å². The molecule has 0 aliphatic heterocycles. The van der Waals surface area contributed by atoms with Gasteiger partial charge in [-0.15, -0.1) is 10.2 Å². The number of rotatable bonds is 4. The molecular formula is C12H14N4O3. The molecule has 0 unspecified atom stereocenters. The second kappa shape index (κ2) is 5.38. The fraction of sp³-hybridized carbons (Fsp3) is 0.250. The normalized spacial score (nSPS) is 10.4. The van der Waals surface area contributed by atoms with Crippen molar-refractivity contribution < 1.29 is 15.0 Å². The highest BCUT2D eigenvalue weighted by Crippen LogP contribution is 2.22. The van der Waals surface area contributed by atoms with Gasteiger partial charge in [-0.2, -0.15) is 0 Å². The molecule has 19 heavy (non-hydrogen) atoms. The Morgan fingerprint density at radius 2 is 2.21 bits per heavy atom. The molecule has 2 rings (SSSR count). The van der Waals surface area contributed by atoms with E-state index in [2.05, 4.69) is 15.5 Å². The minimum absolute atomic E-state index is 0.0974. The molecule has 0 atom stereocenters. The zero-order chi connectivity index (χ0) is 13.8. The molecule has 0 spiro atoms. The highest BCUT2D eigenvalue weighted by molar-refractivity contribution is 5.96. The minimum atomic E-state index is -0.442. The number of carbonyl (C=O) groups is 1. The molecule has 3 N–H and O–H groups in total. The second-order valence-corrected chi connectivity index (χ2v) is 3.92. The van der Waals surface area contributed by atoms with Crippen molar-refractivity contribution in [2.24, 2.45) is 0 Å². The van der Waals surface area contributed by atoms with Crippen LogP contribution in [0.15, 0.2) is 24.5 Å². The molecule has 1 amide bonds. The fourth-order valence-corrected chi connectivity index (χ4v) is 1.65. The van der Waals surface area contributed by atoms with E-state index in [-0.39, 0.29) is 23.6 Å². The molecular weight excluding hydrogens is 248 g/mol. The van der Waals surface area contributed by atoms with Crippen molar-refractivity contribution in [3.05, 3.63) is 35.9 Å². The molecule has 7 heteroatoms. The van der Waals surface area contributed by atoms with Gasteiger partial charge < -0.3 is 20.1 Å². The van der Waals surface area contributed by atoms with Crippen molar-refractivity contribution in [3.63, 3.8) is 0 Å². The topological polar surface area (TPSA) is 100 Å². The number of hydrogen-bond acceptors (Lipinski definition) is 5. The first-order valence-electron chi connectivity index (χ1n) is 5.78. The van der Waals surface area contributed by atoms with E-state index in [4.69, 9.17) is 5.11 Å². The number of phenols is 2. The first kappa shape index (κ1) is 12.9. The van der Waals surface area contributed by atoms with Crippen LogP contribution in [0.4, 0.5) is 0 Å². The third-order valence-corrected chi connectivity index (χ3v) is 2.67. The smallest absolute Gasteiger partial charge is 0.255 e. The number of aromatic hydroxyl groups is 2. The van der Waals surface area contributed by atoms with Crippen molar-refractivity contribution >= 4 is 5.91 Å². The molecule has 1 aromatic heterocycles. The molecule has 0 aliphatic rings. The van der Waals surface area contributed by atoms with Gasteiger partial charge in [-0.3, -0.25) is 4.79 Å². The summed E-state index contributed by atoms with van der Waals surface area (Å²) in [7, 11) is 0. The van der Waals surface area contributed by atoms with E-state index in [1.54, 1.807) is 10.9 Å². The molecule has 0 bridgehead atoms. The fourth-order valence-electron chi connectivity index (χ4n) is 1.65. The van der Waals surface area contributed by atoms with Crippen molar-refractivity contribution in [2.75, 3.05) is 0 Å². The number of aromatic nitrogens is 3. The first-order chi connectivity index (χ1) is 9.11. The van der Waals surface area contributed by atoms with Crippen LogP contribution in [0.25, 0.3) is 0 Å². The van der Waals surface area contributed by atoms with Crippen molar-refractivity contribution in [1.82, 2.24) is 20.1 Å². The Morgan fingerprint density at radius 1 is 1.42 bits per heavy atom. The molecule has 100 valence electrons. The van der Waals surface area contributed by atoms with Gasteiger partial charge >= 0.3 is 0 Å². The molecule has 0 aliphatic carbocycles. The Bertz CT molecular complexity index is 594. The van der Waals surface area contributed by atoms with Gasteiger partial charge in [0.15, 0.2) is 5.82 Å². The van der Waals surface area contributed by atoms with Crippen molar-refractivity contribution in [2.45, 2.75) is 20.0 Å². The lowest BCUT2D eigenvalue weighted by Crippen LogP contribution is -2.24. The summed E-state index contributed by atoms with van der Waals surface area (Å²) in [6.45, 7) is 2.87. The van der Waals surface area contributed by atoms with Gasteiger partial charge in [-0.05, 0) is 19.1 Å². The maximum Gasteiger partial charge on any atom is 0.255 e. The Labute approximate surface area is 109 Å². The number of benzene rings is 1. The molecule has 0 fully saturated rings. The highest BCUT2D eigenvalue weighted by Gasteiger charge is 2.12. The van der Waals surface area contributed by atoms with Crippen molar-refractivity contribution in [3.8, 4) is 11.5 Å². The predicted molar refractivity (Wildman–Crippen MR) is 66.6 cm³/mol. The predicted octanol–water partition coefficient (Wildman–Crippen LogP) is 0.639. The minimum Gasteiger partial charge on any atom is -0.508 e. The average molecular weight is 262 g/mol. The van der Waals surface area contributed by atoms with E-state index >= 15 is 0 Å². The van der Waals surface area contributed by atoms with Crippen LogP contribution in [-0.2, 0) is 13.1 Å². The maximum absolute atomic E-state index is 11.9. The Hall–Kier alpha value is -2.57. The number of carbonyl (C=O) groups excluding carboxylic acids is 1. The molecule has 0 saturated carbocycles. The van der Waals surface area contributed by atoms with Crippen molar-refractivity contribution in [1.29, 1.82) is 0 Å². The summed E-state index contributed by atoms with van der Waals surface area (Å²) in [5.41, 5.74) is 0.0976. The van der Waals surface area contributed by atoms with Gasteiger partial charge in [-0.1, -0.05) is 0 Å². The van der Waals surface area contributed by atoms with Gasteiger partial charge in [0, 0.05) is 12.6 Å². The maximum atomic E-state index is 11.9. The standard InChI is InChI=1S/C12H14N4O3/c1-2-16-7-14-15-11(16)6-13-12(19)9-4-3-8(17)5-10(9)18/h3-5,7,17-18H,2,6H2,1H3,(H,13,19). The third kappa shape index (κ3) is 2.82. The van der Waals surface area contributed by atoms with Gasteiger partial charge in [-0.25, -0.2) is 0 Å². The van der Waals surface area contributed by atoms with Gasteiger partial charge in [0.1, 0.15) is 17.8 Å². The Balaban J connectivity index is 2.05. The SMILES string of the molecule is CCn1cnnc1CNC(=O)c1ccc(O)cc1O. The zero-order valence-electron chi connectivity index (χ0n) is 10.4. The van der Waals surface area contributed by atoms with E-state index in [1.165, 1.54) is 12.1 Å². The van der Waals surface area contributed by atoms with Crippen LogP contribution in [0.5, 0.6) is 11.5 Å². The van der Waals surface area contributed by atoms with Crippen LogP contribution in [0.3, 0.4) is 0 Å². The molecule has 1 aromatic carbocycles. The summed E-state index contributed by atoms with van der Waals surface area (Å²) in [5, 5.41) is 29.0. The van der Waals surface area contributed by atoms with Gasteiger partial charge in [0.05, 0.1) is 12.1 Å². The lowest BCUT2D eigenvalue weighted by Gasteiger charge is -2.07. The quantitative estimate of drug-likeness (QED) is 0.750. The summed E-state index contributed by atoms with van der Waals surface area (Å²) >= 11 is 0. The number of nitrogens with one attached hydrogen (secondary N) is 1. The zero-order valence-corrected chi connectivity index (χ0v) is 10.4. The number of phenolic OH excluding ortho intramolecular Hbond substituents is 2. The van der Waals surface area contributed by atoms with E-state index in [9.17, 15) is 9.90 Å². The van der Waals surface area contributed by atoms with Gasteiger partial charge in [0.25, 0.3) is 5.91 Å². The monoisotopic (exact) mass is 262 g/mol. The number of hydrogen-bond donors (Lipinski definition) is 3. The molecule has 1 heterocycles. The summed E-state index contributed by atoms with van der Waals surface area (Å²) in [6.07, 6.45) is 1.58. The highest BCUT2D eigenvalue weighted by atomic mass is 16.3. The first-order valence-corrected chi connectivity index (χ1v) is 5.78.